The van der Waals surface area contributed by atoms with Gasteiger partial charge in [0.2, 0.25) is 0 Å². The minimum absolute atomic E-state index is 0.419. The van der Waals surface area contributed by atoms with E-state index in [-0.39, 0.29) is 0 Å². The van der Waals surface area contributed by atoms with E-state index in [2.05, 4.69) is 25.9 Å². The second-order valence-corrected chi connectivity index (χ2v) is 5.64. The van der Waals surface area contributed by atoms with Crippen LogP contribution in [-0.2, 0) is 11.2 Å². The van der Waals surface area contributed by atoms with Gasteiger partial charge in [-0.2, -0.15) is 0 Å². The molecule has 0 saturated carbocycles. The second-order valence-electron chi connectivity index (χ2n) is 3.82. The van der Waals surface area contributed by atoms with Crippen molar-refractivity contribution in [3.63, 3.8) is 0 Å². The van der Waals surface area contributed by atoms with E-state index >= 15 is 0 Å². The molecule has 0 aliphatic heterocycles. The summed E-state index contributed by atoms with van der Waals surface area (Å²) >= 11 is 5.00. The van der Waals surface area contributed by atoms with Gasteiger partial charge in [-0.3, -0.25) is 4.79 Å². The summed E-state index contributed by atoms with van der Waals surface area (Å²) in [5, 5.41) is 10.8. The van der Waals surface area contributed by atoms with Crippen molar-refractivity contribution in [1.29, 1.82) is 0 Å². The van der Waals surface area contributed by atoms with E-state index in [0.29, 0.717) is 12.2 Å². The van der Waals surface area contributed by atoms with Gasteiger partial charge >= 0.3 is 5.97 Å². The maximum Gasteiger partial charge on any atom is 0.306 e. The van der Waals surface area contributed by atoms with Gasteiger partial charge in [0.15, 0.2) is 0 Å². The molecule has 0 radical (unpaired) electrons. The summed E-state index contributed by atoms with van der Waals surface area (Å²) < 4.78 is 1.03. The zero-order chi connectivity index (χ0) is 12.4. The zero-order valence-corrected chi connectivity index (χ0v) is 11.5. The number of halogens is 1. The Kier molecular flexibility index (Phi) is 3.63. The molecule has 2 aromatic rings. The van der Waals surface area contributed by atoms with Gasteiger partial charge < -0.3 is 10.1 Å². The van der Waals surface area contributed by atoms with Crippen molar-refractivity contribution in [3.05, 3.63) is 27.9 Å². The average molecular weight is 315 g/mol. The number of carboxylic acids is 1. The van der Waals surface area contributed by atoms with Crippen molar-refractivity contribution in [2.75, 3.05) is 0 Å². The normalized spacial score (nSPS) is 12.6. The van der Waals surface area contributed by atoms with Gasteiger partial charge in [0, 0.05) is 16.3 Å². The number of rotatable bonds is 4. The number of nitrogens with zero attached hydrogens (tertiary/aromatic N) is 1. The lowest BCUT2D eigenvalue weighted by molar-refractivity contribution is -0.141. The van der Waals surface area contributed by atoms with Crippen LogP contribution >= 0.6 is 27.3 Å². The van der Waals surface area contributed by atoms with Crippen LogP contribution in [0, 0.1) is 5.92 Å². The molecular formula is C11H11BrN2O2S. The lowest BCUT2D eigenvalue weighted by Gasteiger charge is -2.01. The molecule has 0 amide bonds. The molecular weight excluding hydrogens is 304 g/mol. The number of imidazole rings is 1. The minimum atomic E-state index is -0.804. The second kappa shape index (κ2) is 5.01. The minimum Gasteiger partial charge on any atom is -0.481 e. The van der Waals surface area contributed by atoms with Gasteiger partial charge in [0.05, 0.1) is 22.7 Å². The first kappa shape index (κ1) is 12.3. The maximum absolute atomic E-state index is 10.7. The number of carboxylic acid groups (broad SMARTS) is 1. The molecule has 0 aliphatic rings. The van der Waals surface area contributed by atoms with Gasteiger partial charge in [-0.25, -0.2) is 4.98 Å². The van der Waals surface area contributed by atoms with E-state index in [1.54, 1.807) is 24.5 Å². The maximum atomic E-state index is 10.7. The van der Waals surface area contributed by atoms with Crippen molar-refractivity contribution in [1.82, 2.24) is 9.97 Å². The fourth-order valence-corrected chi connectivity index (χ4v) is 2.82. The van der Waals surface area contributed by atoms with Gasteiger partial charge in [-0.1, -0.05) is 6.92 Å². The molecule has 1 atom stereocenters. The van der Waals surface area contributed by atoms with Gasteiger partial charge in [-0.15, -0.1) is 11.3 Å². The van der Waals surface area contributed by atoms with Crippen LogP contribution in [0.2, 0.25) is 0 Å². The summed E-state index contributed by atoms with van der Waals surface area (Å²) in [6, 6.07) is 2.00. The Morgan fingerprint density at radius 3 is 3.06 bits per heavy atom. The number of thiophene rings is 1. The number of aliphatic carboxylic acids is 1. The van der Waals surface area contributed by atoms with E-state index in [0.717, 1.165) is 15.0 Å². The first-order valence-electron chi connectivity index (χ1n) is 5.07. The molecule has 0 aromatic carbocycles. The molecule has 6 heteroatoms. The van der Waals surface area contributed by atoms with E-state index < -0.39 is 11.9 Å². The molecule has 0 spiro atoms. The van der Waals surface area contributed by atoms with Crippen LogP contribution in [-0.4, -0.2) is 21.0 Å². The molecule has 1 unspecified atom stereocenters. The quantitative estimate of drug-likeness (QED) is 0.911. The SMILES string of the molecule is CC(Cc1ncc(-c2cc(Br)cs2)[nH]1)C(=O)O. The van der Waals surface area contributed by atoms with Crippen LogP contribution in [0.15, 0.2) is 22.1 Å². The number of hydrogen-bond donors (Lipinski definition) is 2. The standard InChI is InChI=1S/C11H11BrN2O2S/c1-6(11(15)16)2-10-13-4-8(14-10)9-3-7(12)5-17-9/h3-6H,2H2,1H3,(H,13,14)(H,15,16). The fraction of sp³-hybridized carbons (Fsp3) is 0.273. The molecule has 17 heavy (non-hydrogen) atoms. The molecule has 0 aliphatic carbocycles. The van der Waals surface area contributed by atoms with Gasteiger partial charge in [-0.05, 0) is 22.0 Å². The predicted molar refractivity (Wildman–Crippen MR) is 70.1 cm³/mol. The molecule has 4 nitrogen and oxygen atoms in total. The number of carbonyl (C=O) groups is 1. The summed E-state index contributed by atoms with van der Waals surface area (Å²) in [4.78, 5) is 19.2. The van der Waals surface area contributed by atoms with E-state index in [1.165, 1.54) is 0 Å². The van der Waals surface area contributed by atoms with Crippen molar-refractivity contribution < 1.29 is 9.90 Å². The number of aromatic amines is 1. The highest BCUT2D eigenvalue weighted by Crippen LogP contribution is 2.28. The smallest absolute Gasteiger partial charge is 0.306 e. The molecule has 2 aromatic heterocycles. The number of hydrogen-bond acceptors (Lipinski definition) is 3. The lowest BCUT2D eigenvalue weighted by Crippen LogP contribution is -2.12. The van der Waals surface area contributed by atoms with Crippen LogP contribution in [0.3, 0.4) is 0 Å². The highest BCUT2D eigenvalue weighted by molar-refractivity contribution is 9.10. The Hall–Kier alpha value is -1.14. The fourth-order valence-electron chi connectivity index (χ4n) is 1.42. The Morgan fingerprint density at radius 1 is 1.71 bits per heavy atom. The van der Waals surface area contributed by atoms with Gasteiger partial charge in [0.1, 0.15) is 5.82 Å². The molecule has 2 rings (SSSR count). The number of H-pyrrole nitrogens is 1. The van der Waals surface area contributed by atoms with Crippen molar-refractivity contribution in [2.24, 2.45) is 5.92 Å². The first-order chi connectivity index (χ1) is 8.06. The van der Waals surface area contributed by atoms with Crippen LogP contribution < -0.4 is 0 Å². The third-order valence-corrected chi connectivity index (χ3v) is 4.11. The Bertz CT molecular complexity index is 535. The largest absolute Gasteiger partial charge is 0.481 e. The Labute approximate surface area is 111 Å². The number of nitrogens with one attached hydrogen (secondary N) is 1. The summed E-state index contributed by atoms with van der Waals surface area (Å²) in [5.74, 6) is -0.523. The topological polar surface area (TPSA) is 66.0 Å². The van der Waals surface area contributed by atoms with Crippen molar-refractivity contribution in [3.8, 4) is 10.6 Å². The molecule has 0 fully saturated rings. The third-order valence-electron chi connectivity index (χ3n) is 2.38. The van der Waals surface area contributed by atoms with Crippen molar-refractivity contribution in [2.45, 2.75) is 13.3 Å². The average Bonchev–Trinajstić information content (AvgIpc) is 2.86. The van der Waals surface area contributed by atoms with E-state index in [9.17, 15) is 4.79 Å². The van der Waals surface area contributed by atoms with Crippen LogP contribution in [0.1, 0.15) is 12.7 Å². The van der Waals surface area contributed by atoms with E-state index in [4.69, 9.17) is 5.11 Å². The molecule has 2 heterocycles. The Balaban J connectivity index is 2.13. The monoisotopic (exact) mass is 314 g/mol. The molecule has 2 N–H and O–H groups in total. The summed E-state index contributed by atoms with van der Waals surface area (Å²) in [6.45, 7) is 1.67. The molecule has 0 bridgehead atoms. The van der Waals surface area contributed by atoms with Crippen LogP contribution in [0.4, 0.5) is 0 Å². The summed E-state index contributed by atoms with van der Waals surface area (Å²) in [5.41, 5.74) is 0.924. The summed E-state index contributed by atoms with van der Waals surface area (Å²) in [6.07, 6.45) is 2.16. The number of aromatic nitrogens is 2. The third kappa shape index (κ3) is 2.95. The van der Waals surface area contributed by atoms with Gasteiger partial charge in [0.25, 0.3) is 0 Å². The highest BCUT2D eigenvalue weighted by Gasteiger charge is 2.14. The first-order valence-corrected chi connectivity index (χ1v) is 6.74. The zero-order valence-electron chi connectivity index (χ0n) is 9.11. The molecule has 90 valence electrons. The lowest BCUT2D eigenvalue weighted by atomic mass is 10.1. The van der Waals surface area contributed by atoms with E-state index in [1.807, 2.05) is 11.4 Å². The summed E-state index contributed by atoms with van der Waals surface area (Å²) in [7, 11) is 0. The van der Waals surface area contributed by atoms with Crippen LogP contribution in [0.5, 0.6) is 0 Å². The van der Waals surface area contributed by atoms with Crippen molar-refractivity contribution >= 4 is 33.2 Å². The molecule has 0 saturated heterocycles. The predicted octanol–water partition coefficient (Wildman–Crippen LogP) is 3.16. The highest BCUT2D eigenvalue weighted by atomic mass is 79.9. The van der Waals surface area contributed by atoms with Crippen LogP contribution in [0.25, 0.3) is 10.6 Å². The Morgan fingerprint density at radius 2 is 2.47 bits per heavy atom.